The molecule has 1 aromatic heterocycles. The van der Waals surface area contributed by atoms with Gasteiger partial charge in [0.1, 0.15) is 0 Å². The monoisotopic (exact) mass is 423 g/mol. The zero-order valence-corrected chi connectivity index (χ0v) is 17.5. The Balaban J connectivity index is 1.36. The van der Waals surface area contributed by atoms with Gasteiger partial charge in [-0.15, -0.1) is 0 Å². The Kier molecular flexibility index (Phi) is 5.96. The van der Waals surface area contributed by atoms with Crippen molar-refractivity contribution in [2.45, 2.75) is 50.0 Å². The number of piperazine rings is 1. The van der Waals surface area contributed by atoms with Crippen molar-refractivity contribution in [3.05, 3.63) is 17.9 Å². The number of carbonyl (C=O) groups excluding carboxylic acids is 2. The molecular weight excluding hydrogens is 394 g/mol. The fourth-order valence-electron chi connectivity index (χ4n) is 4.52. The first-order valence-corrected chi connectivity index (χ1v) is 12.1. The fourth-order valence-corrected chi connectivity index (χ4v) is 5.95. The van der Waals surface area contributed by atoms with Gasteiger partial charge < -0.3 is 14.2 Å². The fraction of sp³-hybridized carbons (Fsp3) is 0.700. The maximum atomic E-state index is 12.8. The van der Waals surface area contributed by atoms with Crippen LogP contribution >= 0.6 is 0 Å². The first-order chi connectivity index (χ1) is 14.0. The summed E-state index contributed by atoms with van der Waals surface area (Å²) in [5, 5.41) is -0.169. The summed E-state index contributed by atoms with van der Waals surface area (Å²) in [6, 6.07) is 2.81. The normalized spacial score (nSPS) is 22.2. The minimum atomic E-state index is -3.69. The summed E-state index contributed by atoms with van der Waals surface area (Å²) in [6.07, 6.45) is 6.90. The van der Waals surface area contributed by atoms with Crippen molar-refractivity contribution >= 4 is 21.8 Å². The lowest BCUT2D eigenvalue weighted by atomic mass is 10.1. The van der Waals surface area contributed by atoms with E-state index in [1.54, 1.807) is 4.90 Å². The molecule has 0 unspecified atom stereocenters. The van der Waals surface area contributed by atoms with Crippen molar-refractivity contribution < 1.29 is 22.4 Å². The van der Waals surface area contributed by atoms with Gasteiger partial charge in [-0.2, -0.15) is 4.31 Å². The summed E-state index contributed by atoms with van der Waals surface area (Å²) in [6.45, 7) is 2.88. The molecule has 0 bridgehead atoms. The lowest BCUT2D eigenvalue weighted by Crippen LogP contribution is -2.51. The third-order valence-corrected chi connectivity index (χ3v) is 8.06. The van der Waals surface area contributed by atoms with Crippen LogP contribution in [0, 0.1) is 5.92 Å². The number of piperidine rings is 1. The Morgan fingerprint density at radius 3 is 2.10 bits per heavy atom. The first kappa shape index (κ1) is 20.4. The van der Waals surface area contributed by atoms with E-state index < -0.39 is 10.0 Å². The third kappa shape index (κ3) is 4.21. The standard InChI is InChI=1S/C20H29N3O5S/c24-19(16-6-2-3-7-16)21-12-14-22(15-13-21)20(25)17-8-9-18(28-17)29(26,27)23-10-4-1-5-11-23/h8-9,16H,1-7,10-15H2. The minimum Gasteiger partial charge on any atom is -0.438 e. The van der Waals surface area contributed by atoms with Gasteiger partial charge >= 0.3 is 0 Å². The lowest BCUT2D eigenvalue weighted by molar-refractivity contribution is -0.136. The molecule has 4 rings (SSSR count). The van der Waals surface area contributed by atoms with Gasteiger partial charge in [-0.25, -0.2) is 8.42 Å². The predicted molar refractivity (Wildman–Crippen MR) is 106 cm³/mol. The Bertz CT molecular complexity index is 845. The summed E-state index contributed by atoms with van der Waals surface area (Å²) < 4.78 is 32.3. The number of amides is 2. The summed E-state index contributed by atoms with van der Waals surface area (Å²) in [4.78, 5) is 28.8. The van der Waals surface area contributed by atoms with Crippen molar-refractivity contribution in [3.8, 4) is 0 Å². The van der Waals surface area contributed by atoms with E-state index >= 15 is 0 Å². The number of nitrogens with zero attached hydrogens (tertiary/aromatic N) is 3. The van der Waals surface area contributed by atoms with Crippen molar-refractivity contribution in [1.29, 1.82) is 0 Å². The molecule has 0 atom stereocenters. The third-order valence-electron chi connectivity index (χ3n) is 6.28. The maximum absolute atomic E-state index is 12.8. The highest BCUT2D eigenvalue weighted by Crippen LogP contribution is 2.27. The van der Waals surface area contributed by atoms with Gasteiger partial charge in [-0.3, -0.25) is 9.59 Å². The number of hydrogen-bond donors (Lipinski definition) is 0. The first-order valence-electron chi connectivity index (χ1n) is 10.6. The number of hydrogen-bond acceptors (Lipinski definition) is 5. The van der Waals surface area contributed by atoms with Gasteiger partial charge in [-0.1, -0.05) is 19.3 Å². The molecule has 8 nitrogen and oxygen atoms in total. The minimum absolute atomic E-state index is 0.0381. The second kappa shape index (κ2) is 8.47. The average molecular weight is 424 g/mol. The van der Waals surface area contributed by atoms with Crippen LogP contribution in [0.3, 0.4) is 0 Å². The number of sulfonamides is 1. The smallest absolute Gasteiger partial charge is 0.289 e. The SMILES string of the molecule is O=C(c1ccc(S(=O)(=O)N2CCCCC2)o1)N1CCN(C(=O)C2CCCC2)CC1. The van der Waals surface area contributed by atoms with Gasteiger partial charge in [0.15, 0.2) is 5.76 Å². The second-order valence-corrected chi connectivity index (χ2v) is 10.1. The zero-order valence-electron chi connectivity index (χ0n) is 16.7. The molecule has 3 aliphatic rings. The Morgan fingerprint density at radius 2 is 1.45 bits per heavy atom. The number of furan rings is 1. The molecule has 1 aliphatic carbocycles. The molecule has 3 fully saturated rings. The molecule has 0 aromatic carbocycles. The van der Waals surface area contributed by atoms with Gasteiger partial charge in [0.2, 0.25) is 11.0 Å². The van der Waals surface area contributed by atoms with E-state index in [-0.39, 0.29) is 28.6 Å². The number of rotatable bonds is 4. The molecule has 29 heavy (non-hydrogen) atoms. The molecule has 9 heteroatoms. The largest absolute Gasteiger partial charge is 0.438 e. The van der Waals surface area contributed by atoms with Gasteiger partial charge in [0.25, 0.3) is 15.9 Å². The Morgan fingerprint density at radius 1 is 0.828 bits per heavy atom. The topological polar surface area (TPSA) is 91.1 Å². The highest BCUT2D eigenvalue weighted by atomic mass is 32.2. The van der Waals surface area contributed by atoms with Crippen LogP contribution in [0.15, 0.2) is 21.6 Å². The number of carbonyl (C=O) groups is 2. The van der Waals surface area contributed by atoms with Crippen LogP contribution in [0.25, 0.3) is 0 Å². The lowest BCUT2D eigenvalue weighted by Gasteiger charge is -2.35. The second-order valence-electron chi connectivity index (χ2n) is 8.18. The van der Waals surface area contributed by atoms with Crippen LogP contribution in [0.5, 0.6) is 0 Å². The molecule has 1 saturated carbocycles. The van der Waals surface area contributed by atoms with E-state index in [1.165, 1.54) is 16.4 Å². The Hall–Kier alpha value is -1.87. The van der Waals surface area contributed by atoms with E-state index in [0.29, 0.717) is 39.3 Å². The molecule has 2 aliphatic heterocycles. The highest BCUT2D eigenvalue weighted by Gasteiger charge is 2.33. The molecule has 0 radical (unpaired) electrons. The van der Waals surface area contributed by atoms with Crippen LogP contribution < -0.4 is 0 Å². The van der Waals surface area contributed by atoms with Gasteiger partial charge in [0.05, 0.1) is 0 Å². The predicted octanol–water partition coefficient (Wildman–Crippen LogP) is 1.93. The quantitative estimate of drug-likeness (QED) is 0.738. The summed E-state index contributed by atoms with van der Waals surface area (Å²) in [5.74, 6) is 0.0709. The Labute approximate surface area is 171 Å². The van der Waals surface area contributed by atoms with Crippen molar-refractivity contribution in [3.63, 3.8) is 0 Å². The average Bonchev–Trinajstić information content (AvgIpc) is 3.46. The molecule has 2 saturated heterocycles. The summed E-state index contributed by atoms with van der Waals surface area (Å²) >= 11 is 0. The summed E-state index contributed by atoms with van der Waals surface area (Å²) in [7, 11) is -3.69. The molecule has 3 heterocycles. The van der Waals surface area contributed by atoms with Gasteiger partial charge in [-0.05, 0) is 37.8 Å². The molecule has 160 valence electrons. The van der Waals surface area contributed by atoms with E-state index in [2.05, 4.69) is 0 Å². The molecule has 1 aromatic rings. The van der Waals surface area contributed by atoms with E-state index in [0.717, 1.165) is 44.9 Å². The molecular formula is C20H29N3O5S. The zero-order chi connectivity index (χ0) is 20.4. The van der Waals surface area contributed by atoms with Crippen LogP contribution in [0.4, 0.5) is 0 Å². The van der Waals surface area contributed by atoms with Crippen LogP contribution in [-0.4, -0.2) is 73.6 Å². The summed E-state index contributed by atoms with van der Waals surface area (Å²) in [5.41, 5.74) is 0. The van der Waals surface area contributed by atoms with Crippen LogP contribution in [0.2, 0.25) is 0 Å². The van der Waals surface area contributed by atoms with Gasteiger partial charge in [0, 0.05) is 45.2 Å². The van der Waals surface area contributed by atoms with E-state index in [9.17, 15) is 18.0 Å². The molecule has 0 spiro atoms. The van der Waals surface area contributed by atoms with E-state index in [1.807, 2.05) is 4.90 Å². The van der Waals surface area contributed by atoms with Crippen LogP contribution in [0.1, 0.15) is 55.5 Å². The highest BCUT2D eigenvalue weighted by molar-refractivity contribution is 7.89. The molecule has 0 N–H and O–H groups in total. The van der Waals surface area contributed by atoms with Crippen LogP contribution in [-0.2, 0) is 14.8 Å². The molecule has 2 amide bonds. The maximum Gasteiger partial charge on any atom is 0.289 e. The van der Waals surface area contributed by atoms with Crippen molar-refractivity contribution in [2.24, 2.45) is 5.92 Å². The van der Waals surface area contributed by atoms with E-state index in [4.69, 9.17) is 4.42 Å². The van der Waals surface area contributed by atoms with Crippen molar-refractivity contribution in [1.82, 2.24) is 14.1 Å². The van der Waals surface area contributed by atoms with Crippen molar-refractivity contribution in [2.75, 3.05) is 39.3 Å².